The molecular weight excluding hydrogens is 356 g/mol. The van der Waals surface area contributed by atoms with Crippen molar-refractivity contribution in [1.82, 2.24) is 9.66 Å². The summed E-state index contributed by atoms with van der Waals surface area (Å²) in [5.74, 6) is 5.86. The van der Waals surface area contributed by atoms with Crippen LogP contribution in [0.25, 0.3) is 11.3 Å². The van der Waals surface area contributed by atoms with Gasteiger partial charge in [0.1, 0.15) is 0 Å². The molecule has 3 rings (SSSR count). The number of rotatable bonds is 5. The van der Waals surface area contributed by atoms with Crippen LogP contribution in [0.15, 0.2) is 66.0 Å². The predicted octanol–water partition coefficient (Wildman–Crippen LogP) is 4.04. The summed E-state index contributed by atoms with van der Waals surface area (Å²) in [5.41, 5.74) is 2.45. The van der Waals surface area contributed by atoms with E-state index >= 15 is 0 Å². The van der Waals surface area contributed by atoms with E-state index in [0.29, 0.717) is 15.9 Å². The molecular formula is C18H17ClN4OS. The zero-order chi connectivity index (χ0) is 17.8. The number of halogens is 1. The summed E-state index contributed by atoms with van der Waals surface area (Å²) in [5, 5.41) is 3.70. The average molecular weight is 373 g/mol. The molecule has 0 fully saturated rings. The number of nitrogen functional groups attached to an aromatic ring is 1. The second-order valence-electron chi connectivity index (χ2n) is 5.44. The van der Waals surface area contributed by atoms with Crippen molar-refractivity contribution in [3.63, 3.8) is 0 Å². The molecule has 1 amide bonds. The van der Waals surface area contributed by atoms with Crippen molar-refractivity contribution in [3.8, 4) is 11.3 Å². The maximum atomic E-state index is 12.3. The van der Waals surface area contributed by atoms with E-state index in [-0.39, 0.29) is 11.2 Å². The second kappa shape index (κ2) is 7.63. The highest BCUT2D eigenvalue weighted by atomic mass is 35.5. The molecule has 0 aliphatic carbocycles. The van der Waals surface area contributed by atoms with E-state index in [9.17, 15) is 4.79 Å². The van der Waals surface area contributed by atoms with Crippen LogP contribution >= 0.6 is 23.4 Å². The molecule has 7 heteroatoms. The van der Waals surface area contributed by atoms with Crippen LogP contribution in [-0.2, 0) is 4.79 Å². The van der Waals surface area contributed by atoms with Gasteiger partial charge in [0.25, 0.3) is 0 Å². The summed E-state index contributed by atoms with van der Waals surface area (Å²) in [7, 11) is 0. The summed E-state index contributed by atoms with van der Waals surface area (Å²) in [6.07, 6.45) is 1.75. The zero-order valence-electron chi connectivity index (χ0n) is 13.5. The third-order valence-electron chi connectivity index (χ3n) is 3.53. The number of anilines is 1. The molecule has 5 nitrogen and oxygen atoms in total. The lowest BCUT2D eigenvalue weighted by atomic mass is 10.2. The first-order valence-corrected chi connectivity index (χ1v) is 8.91. The highest BCUT2D eigenvalue weighted by molar-refractivity contribution is 8.00. The van der Waals surface area contributed by atoms with E-state index in [1.165, 1.54) is 16.4 Å². The van der Waals surface area contributed by atoms with Gasteiger partial charge in [-0.3, -0.25) is 4.79 Å². The van der Waals surface area contributed by atoms with Gasteiger partial charge in [-0.15, -0.1) is 0 Å². The Bertz CT molecular complexity index is 865. The van der Waals surface area contributed by atoms with E-state index in [1.54, 1.807) is 30.5 Å². The molecule has 1 atom stereocenters. The van der Waals surface area contributed by atoms with Crippen LogP contribution in [0.4, 0.5) is 5.69 Å². The van der Waals surface area contributed by atoms with Crippen molar-refractivity contribution in [1.29, 1.82) is 0 Å². The number of carbonyl (C=O) groups excluding carboxylic acids is 1. The molecule has 0 aliphatic heterocycles. The summed E-state index contributed by atoms with van der Waals surface area (Å²) >= 11 is 7.15. The van der Waals surface area contributed by atoms with Gasteiger partial charge in [0, 0.05) is 16.3 Å². The Hall–Kier alpha value is -2.44. The third-order valence-corrected chi connectivity index (χ3v) is 4.86. The lowest BCUT2D eigenvalue weighted by molar-refractivity contribution is -0.115. The van der Waals surface area contributed by atoms with Crippen LogP contribution in [0.1, 0.15) is 6.92 Å². The highest BCUT2D eigenvalue weighted by Gasteiger charge is 2.18. The Morgan fingerprint density at radius 2 is 1.88 bits per heavy atom. The summed E-state index contributed by atoms with van der Waals surface area (Å²) in [6, 6.07) is 16.7. The number of thioether (sulfide) groups is 1. The molecule has 128 valence electrons. The fourth-order valence-corrected chi connectivity index (χ4v) is 3.13. The van der Waals surface area contributed by atoms with Crippen molar-refractivity contribution < 1.29 is 4.79 Å². The van der Waals surface area contributed by atoms with Gasteiger partial charge in [0.05, 0.1) is 17.1 Å². The van der Waals surface area contributed by atoms with Gasteiger partial charge in [-0.25, -0.2) is 9.66 Å². The van der Waals surface area contributed by atoms with Crippen LogP contribution in [0, 0.1) is 0 Å². The largest absolute Gasteiger partial charge is 0.337 e. The first kappa shape index (κ1) is 17.4. The molecule has 1 unspecified atom stereocenters. The molecule has 2 aromatic carbocycles. The number of imidazole rings is 1. The Labute approximate surface area is 155 Å². The minimum absolute atomic E-state index is 0.128. The Morgan fingerprint density at radius 1 is 1.20 bits per heavy atom. The molecule has 0 spiro atoms. The zero-order valence-corrected chi connectivity index (χ0v) is 15.1. The number of hydrogen-bond acceptors (Lipinski definition) is 4. The SMILES string of the molecule is CC(Sc1nc(-c2ccccc2)cn1N)C(=O)Nc1ccc(Cl)cc1. The van der Waals surface area contributed by atoms with Gasteiger partial charge in [-0.1, -0.05) is 53.7 Å². The number of hydrogen-bond donors (Lipinski definition) is 2. The van der Waals surface area contributed by atoms with E-state index in [2.05, 4.69) is 10.3 Å². The Kier molecular flexibility index (Phi) is 5.31. The van der Waals surface area contributed by atoms with E-state index in [1.807, 2.05) is 37.3 Å². The van der Waals surface area contributed by atoms with Crippen molar-refractivity contribution >= 4 is 35.0 Å². The van der Waals surface area contributed by atoms with Gasteiger partial charge in [-0.2, -0.15) is 0 Å². The van der Waals surface area contributed by atoms with Crippen LogP contribution in [-0.4, -0.2) is 20.8 Å². The van der Waals surface area contributed by atoms with Crippen molar-refractivity contribution in [2.75, 3.05) is 11.2 Å². The summed E-state index contributed by atoms with van der Waals surface area (Å²) < 4.78 is 1.44. The number of nitrogens with one attached hydrogen (secondary N) is 1. The first-order valence-electron chi connectivity index (χ1n) is 7.66. The van der Waals surface area contributed by atoms with E-state index in [4.69, 9.17) is 17.4 Å². The Balaban J connectivity index is 1.68. The minimum atomic E-state index is -0.357. The van der Waals surface area contributed by atoms with E-state index in [0.717, 1.165) is 11.3 Å². The molecule has 0 radical (unpaired) electrons. The van der Waals surface area contributed by atoms with Crippen LogP contribution in [0.5, 0.6) is 0 Å². The maximum Gasteiger partial charge on any atom is 0.237 e. The number of benzene rings is 2. The number of nitrogens with zero attached hydrogens (tertiary/aromatic N) is 2. The van der Waals surface area contributed by atoms with Crippen LogP contribution < -0.4 is 11.2 Å². The number of carbonyl (C=O) groups is 1. The molecule has 1 heterocycles. The lowest BCUT2D eigenvalue weighted by Crippen LogP contribution is -2.23. The molecule has 3 N–H and O–H groups in total. The monoisotopic (exact) mass is 372 g/mol. The molecule has 0 bridgehead atoms. The molecule has 3 aromatic rings. The number of amides is 1. The van der Waals surface area contributed by atoms with Gasteiger partial charge in [0.2, 0.25) is 5.91 Å². The highest BCUT2D eigenvalue weighted by Crippen LogP contribution is 2.26. The molecule has 0 saturated heterocycles. The van der Waals surface area contributed by atoms with Crippen LogP contribution in [0.3, 0.4) is 0 Å². The predicted molar refractivity (Wildman–Crippen MR) is 103 cm³/mol. The minimum Gasteiger partial charge on any atom is -0.337 e. The van der Waals surface area contributed by atoms with Crippen molar-refractivity contribution in [3.05, 3.63) is 65.8 Å². The van der Waals surface area contributed by atoms with Gasteiger partial charge in [-0.05, 0) is 31.2 Å². The lowest BCUT2D eigenvalue weighted by Gasteiger charge is -2.11. The normalized spacial score (nSPS) is 11.9. The molecule has 0 aliphatic rings. The number of aromatic nitrogens is 2. The fraction of sp³-hybridized carbons (Fsp3) is 0.111. The standard InChI is InChI=1S/C18H17ClN4OS/c1-12(17(24)21-15-9-7-14(19)8-10-15)25-18-22-16(11-23(18)20)13-5-3-2-4-6-13/h2-12H,20H2,1H3,(H,21,24). The number of nitrogens with two attached hydrogens (primary N) is 1. The Morgan fingerprint density at radius 3 is 2.56 bits per heavy atom. The van der Waals surface area contributed by atoms with Gasteiger partial charge < -0.3 is 11.2 Å². The topological polar surface area (TPSA) is 72.9 Å². The smallest absolute Gasteiger partial charge is 0.237 e. The maximum absolute atomic E-state index is 12.3. The molecule has 1 aromatic heterocycles. The molecule has 0 saturated carbocycles. The van der Waals surface area contributed by atoms with E-state index < -0.39 is 0 Å². The van der Waals surface area contributed by atoms with Gasteiger partial charge in [0.15, 0.2) is 5.16 Å². The van der Waals surface area contributed by atoms with Gasteiger partial charge >= 0.3 is 0 Å². The van der Waals surface area contributed by atoms with Crippen LogP contribution in [0.2, 0.25) is 5.02 Å². The average Bonchev–Trinajstić information content (AvgIpc) is 2.98. The third kappa shape index (κ3) is 4.35. The fourth-order valence-electron chi connectivity index (χ4n) is 2.20. The summed E-state index contributed by atoms with van der Waals surface area (Å²) in [4.78, 5) is 16.9. The first-order chi connectivity index (χ1) is 12.0. The second-order valence-corrected chi connectivity index (χ2v) is 7.18. The van der Waals surface area contributed by atoms with Crippen molar-refractivity contribution in [2.24, 2.45) is 0 Å². The summed E-state index contributed by atoms with van der Waals surface area (Å²) in [6.45, 7) is 1.81. The quantitative estimate of drug-likeness (QED) is 0.523. The molecule has 25 heavy (non-hydrogen) atoms. The van der Waals surface area contributed by atoms with Crippen molar-refractivity contribution in [2.45, 2.75) is 17.3 Å².